The normalized spacial score (nSPS) is 24.7. The Labute approximate surface area is 158 Å². The molecular weight excluding hydrogens is 420 g/mol. The Morgan fingerprint density at radius 1 is 0.870 bits per heavy atom. The summed E-state index contributed by atoms with van der Waals surface area (Å²) in [6.07, 6.45) is -0.301. The third kappa shape index (κ3) is 3.85. The number of ether oxygens (including phenoxy) is 1. The molecule has 6 heteroatoms. The van der Waals surface area contributed by atoms with Crippen molar-refractivity contribution in [2.45, 2.75) is 20.8 Å². The number of hydrogen-bond donors (Lipinski definition) is 0. The van der Waals surface area contributed by atoms with Gasteiger partial charge in [0.25, 0.3) is 3.79 Å². The molecule has 1 heterocycles. The minimum atomic E-state index is -1.70. The van der Waals surface area contributed by atoms with E-state index >= 15 is 0 Å². The molecule has 0 amide bonds. The number of rotatable bonds is 2. The highest BCUT2D eigenvalue weighted by Crippen LogP contribution is 2.44. The Balaban J connectivity index is 2.04. The van der Waals surface area contributed by atoms with Crippen LogP contribution >= 0.6 is 50.7 Å². The molecule has 0 unspecified atom stereocenters. The Kier molecular flexibility index (Phi) is 5.22. The average molecular weight is 434 g/mol. The number of aliphatic imine (C=N–C) groups is 1. The van der Waals surface area contributed by atoms with Crippen LogP contribution in [0.2, 0.25) is 0 Å². The van der Waals surface area contributed by atoms with Gasteiger partial charge in [-0.1, -0.05) is 111 Å². The minimum Gasteiger partial charge on any atom is -0.468 e. The van der Waals surface area contributed by atoms with E-state index in [2.05, 4.69) is 20.9 Å². The molecule has 1 aliphatic rings. The topological polar surface area (TPSA) is 21.6 Å². The summed E-state index contributed by atoms with van der Waals surface area (Å²) in [7, 11) is 0. The van der Waals surface area contributed by atoms with Gasteiger partial charge in [-0.3, -0.25) is 0 Å². The summed E-state index contributed by atoms with van der Waals surface area (Å²) in [4.78, 5) is 4.45. The number of hydrogen-bond acceptors (Lipinski definition) is 2. The van der Waals surface area contributed by atoms with Crippen LogP contribution < -0.4 is 0 Å². The van der Waals surface area contributed by atoms with E-state index in [0.29, 0.717) is 0 Å². The van der Waals surface area contributed by atoms with Gasteiger partial charge in [0.2, 0.25) is 5.90 Å². The predicted octanol–water partition coefficient (Wildman–Crippen LogP) is 6.03. The maximum Gasteiger partial charge on any atom is 0.266 e. The van der Waals surface area contributed by atoms with Crippen molar-refractivity contribution in [1.82, 2.24) is 0 Å². The summed E-state index contributed by atoms with van der Waals surface area (Å²) in [5.41, 5.74) is 2.03. The van der Waals surface area contributed by atoms with Gasteiger partial charge in [-0.15, -0.1) is 0 Å². The van der Waals surface area contributed by atoms with Crippen LogP contribution in [0.1, 0.15) is 23.3 Å². The van der Waals surface area contributed by atoms with E-state index in [9.17, 15) is 0 Å². The quantitative estimate of drug-likeness (QED) is 0.530. The number of nitrogens with zero attached hydrogens (tertiary/aromatic N) is 1. The summed E-state index contributed by atoms with van der Waals surface area (Å²) in [6.45, 7) is 0. The smallest absolute Gasteiger partial charge is 0.266 e. The molecule has 2 nitrogen and oxygen atoms in total. The third-order valence-electron chi connectivity index (χ3n) is 3.60. The largest absolute Gasteiger partial charge is 0.468 e. The lowest BCUT2D eigenvalue weighted by Crippen LogP contribution is -2.36. The molecule has 0 aromatic heterocycles. The summed E-state index contributed by atoms with van der Waals surface area (Å²) in [5, 5.41) is 0. The van der Waals surface area contributed by atoms with Crippen molar-refractivity contribution in [3.63, 3.8) is 0 Å². The monoisotopic (exact) mass is 431 g/mol. The molecule has 0 fully saturated rings. The second kappa shape index (κ2) is 7.02. The highest BCUT2D eigenvalue weighted by atomic mass is 79.9. The fourth-order valence-corrected chi connectivity index (χ4v) is 3.64. The number of halogens is 4. The molecule has 0 spiro atoms. The molecule has 2 aromatic rings. The highest BCUT2D eigenvalue weighted by Gasteiger charge is 2.42. The van der Waals surface area contributed by atoms with Gasteiger partial charge in [0, 0.05) is 0 Å². The molecule has 23 heavy (non-hydrogen) atoms. The van der Waals surface area contributed by atoms with E-state index in [-0.39, 0.29) is 22.9 Å². The minimum absolute atomic E-state index is 0.0802. The fraction of sp³-hybridized carbons (Fsp3) is 0.235. The standard InChI is InChI=1S/C17H13BrCl3NO/c18-13-14(11-7-3-1-4-8-11)22-16(17(19,20)21)23-15(13)12-9-5-2-6-10-12/h1-10,13-15H/t13-,14+,15+/m1/s1. The molecule has 1 aliphatic heterocycles. The maximum absolute atomic E-state index is 6.03. The first-order chi connectivity index (χ1) is 11.0. The van der Waals surface area contributed by atoms with Crippen LogP contribution in [0.4, 0.5) is 0 Å². The van der Waals surface area contributed by atoms with Crippen LogP contribution in [0.3, 0.4) is 0 Å². The van der Waals surface area contributed by atoms with Crippen LogP contribution in [0.15, 0.2) is 65.7 Å². The first kappa shape index (κ1) is 17.1. The highest BCUT2D eigenvalue weighted by molar-refractivity contribution is 9.09. The van der Waals surface area contributed by atoms with Gasteiger partial charge in [0.1, 0.15) is 6.10 Å². The van der Waals surface area contributed by atoms with E-state index < -0.39 is 3.79 Å². The molecule has 0 bridgehead atoms. The van der Waals surface area contributed by atoms with Crippen LogP contribution in [-0.2, 0) is 4.74 Å². The Morgan fingerprint density at radius 2 is 1.39 bits per heavy atom. The van der Waals surface area contributed by atoms with Crippen LogP contribution in [0, 0.1) is 0 Å². The van der Waals surface area contributed by atoms with Crippen molar-refractivity contribution in [1.29, 1.82) is 0 Å². The first-order valence-corrected chi connectivity index (χ1v) is 9.07. The maximum atomic E-state index is 6.03. The average Bonchev–Trinajstić information content (AvgIpc) is 2.55. The van der Waals surface area contributed by atoms with E-state index in [0.717, 1.165) is 11.1 Å². The second-order valence-corrected chi connectivity index (χ2v) is 8.52. The lowest BCUT2D eigenvalue weighted by Gasteiger charge is -2.35. The molecule has 0 aliphatic carbocycles. The van der Waals surface area contributed by atoms with Crippen molar-refractivity contribution in [3.8, 4) is 0 Å². The molecule has 3 rings (SSSR count). The molecular formula is C17H13BrCl3NO. The van der Waals surface area contributed by atoms with Crippen molar-refractivity contribution in [2.75, 3.05) is 0 Å². The van der Waals surface area contributed by atoms with Crippen molar-refractivity contribution < 1.29 is 4.74 Å². The Hall–Kier alpha value is -0.740. The van der Waals surface area contributed by atoms with Crippen LogP contribution in [0.5, 0.6) is 0 Å². The lowest BCUT2D eigenvalue weighted by atomic mass is 9.96. The zero-order valence-electron chi connectivity index (χ0n) is 11.9. The van der Waals surface area contributed by atoms with Gasteiger partial charge in [-0.05, 0) is 11.1 Å². The summed E-state index contributed by atoms with van der Waals surface area (Å²) in [6, 6.07) is 19.5. The molecule has 120 valence electrons. The molecule has 2 aromatic carbocycles. The molecule has 0 radical (unpaired) electrons. The van der Waals surface area contributed by atoms with Crippen molar-refractivity contribution in [3.05, 3.63) is 71.8 Å². The Morgan fingerprint density at radius 3 is 1.91 bits per heavy atom. The molecule has 0 saturated carbocycles. The zero-order valence-corrected chi connectivity index (χ0v) is 15.7. The molecule has 0 saturated heterocycles. The lowest BCUT2D eigenvalue weighted by molar-refractivity contribution is 0.157. The van der Waals surface area contributed by atoms with Gasteiger partial charge in [0.15, 0.2) is 0 Å². The van der Waals surface area contributed by atoms with E-state index in [1.807, 2.05) is 60.7 Å². The van der Waals surface area contributed by atoms with Crippen LogP contribution in [-0.4, -0.2) is 14.5 Å². The first-order valence-electron chi connectivity index (χ1n) is 7.02. The van der Waals surface area contributed by atoms with E-state index in [1.54, 1.807) is 0 Å². The van der Waals surface area contributed by atoms with Gasteiger partial charge in [-0.2, -0.15) is 0 Å². The van der Waals surface area contributed by atoms with Crippen LogP contribution in [0.25, 0.3) is 0 Å². The van der Waals surface area contributed by atoms with Gasteiger partial charge >= 0.3 is 0 Å². The molecule has 0 N–H and O–H groups in total. The van der Waals surface area contributed by atoms with E-state index in [4.69, 9.17) is 39.5 Å². The fourth-order valence-electron chi connectivity index (χ4n) is 2.52. The number of benzene rings is 2. The van der Waals surface area contributed by atoms with E-state index in [1.165, 1.54) is 0 Å². The second-order valence-electron chi connectivity index (χ2n) is 5.18. The van der Waals surface area contributed by atoms with Crippen molar-refractivity contribution >= 4 is 56.6 Å². The van der Waals surface area contributed by atoms with Gasteiger partial charge in [-0.25, -0.2) is 4.99 Å². The van der Waals surface area contributed by atoms with Gasteiger partial charge in [0.05, 0.1) is 10.9 Å². The Bertz CT molecular complexity index is 688. The summed E-state index contributed by atoms with van der Waals surface area (Å²) in [5.74, 6) is 0.112. The summed E-state index contributed by atoms with van der Waals surface area (Å²) < 4.78 is 4.21. The molecule has 3 atom stereocenters. The number of alkyl halides is 4. The SMILES string of the molecule is ClC(Cl)(Cl)C1=N[C@@H](c2ccccc2)[C@@H](Br)[C@H](c2ccccc2)O1. The van der Waals surface area contributed by atoms with Crippen molar-refractivity contribution in [2.24, 2.45) is 4.99 Å². The zero-order chi connectivity index (χ0) is 16.4. The summed E-state index contributed by atoms with van der Waals surface area (Å²) >= 11 is 21.8. The van der Waals surface area contributed by atoms with Gasteiger partial charge < -0.3 is 4.74 Å². The third-order valence-corrected chi connectivity index (χ3v) is 5.06. The predicted molar refractivity (Wildman–Crippen MR) is 99.9 cm³/mol.